The van der Waals surface area contributed by atoms with Gasteiger partial charge in [0.15, 0.2) is 0 Å². The Labute approximate surface area is 95.3 Å². The fraction of sp³-hybridized carbons (Fsp3) is 0.300. The van der Waals surface area contributed by atoms with Crippen molar-refractivity contribution in [2.24, 2.45) is 5.73 Å². The van der Waals surface area contributed by atoms with Crippen molar-refractivity contribution >= 4 is 37.5 Å². The summed E-state index contributed by atoms with van der Waals surface area (Å²) in [7, 11) is 0. The molecule has 2 aromatic rings. The second-order valence-corrected chi connectivity index (χ2v) is 5.27. The Kier molecular flexibility index (Phi) is 2.85. The van der Waals surface area contributed by atoms with Crippen LogP contribution in [-0.4, -0.2) is 11.5 Å². The second kappa shape index (κ2) is 3.96. The molecule has 2 nitrogen and oxygen atoms in total. The third-order valence-corrected chi connectivity index (χ3v) is 3.75. The topological polar surface area (TPSA) is 38.9 Å². The van der Waals surface area contributed by atoms with Crippen LogP contribution < -0.4 is 5.73 Å². The van der Waals surface area contributed by atoms with Gasteiger partial charge in [0.05, 0.1) is 15.2 Å². The third-order valence-electron chi connectivity index (χ3n) is 2.08. The molecule has 0 aliphatic rings. The summed E-state index contributed by atoms with van der Waals surface area (Å²) in [5, 5.41) is 1.11. The van der Waals surface area contributed by atoms with Crippen LogP contribution in [-0.2, 0) is 6.42 Å². The molecule has 0 fully saturated rings. The summed E-state index contributed by atoms with van der Waals surface area (Å²) in [6.45, 7) is 2.70. The van der Waals surface area contributed by atoms with Crippen molar-refractivity contribution in [1.82, 2.24) is 4.98 Å². The minimum absolute atomic E-state index is 0.674. The molecule has 0 bridgehead atoms. The lowest BCUT2D eigenvalue weighted by atomic mass is 10.1. The maximum absolute atomic E-state index is 5.54. The Morgan fingerprint density at radius 3 is 3.00 bits per heavy atom. The van der Waals surface area contributed by atoms with E-state index in [0.29, 0.717) is 6.54 Å². The molecule has 0 aliphatic carbocycles. The van der Waals surface area contributed by atoms with Gasteiger partial charge in [-0.15, -0.1) is 11.3 Å². The Balaban J connectivity index is 2.58. The lowest BCUT2D eigenvalue weighted by molar-refractivity contribution is 0.965. The molecule has 2 N–H and O–H groups in total. The third kappa shape index (κ3) is 1.82. The van der Waals surface area contributed by atoms with E-state index in [1.54, 1.807) is 11.3 Å². The number of nitrogens with two attached hydrogens (primary N) is 1. The molecule has 0 radical (unpaired) electrons. The summed E-state index contributed by atoms with van der Waals surface area (Å²) in [6, 6.07) is 4.25. The molecule has 1 heterocycles. The maximum Gasteiger partial charge on any atom is 0.0907 e. The molecule has 0 spiro atoms. The molecule has 0 unspecified atom stereocenters. The number of thiazole rings is 1. The van der Waals surface area contributed by atoms with Crippen LogP contribution in [0.15, 0.2) is 16.6 Å². The van der Waals surface area contributed by atoms with Gasteiger partial charge < -0.3 is 5.73 Å². The van der Waals surface area contributed by atoms with Gasteiger partial charge in [0.25, 0.3) is 0 Å². The van der Waals surface area contributed by atoms with Crippen molar-refractivity contribution in [1.29, 1.82) is 0 Å². The average molecular weight is 271 g/mol. The van der Waals surface area contributed by atoms with E-state index in [1.165, 1.54) is 10.3 Å². The molecule has 14 heavy (non-hydrogen) atoms. The summed E-state index contributed by atoms with van der Waals surface area (Å²) in [4.78, 5) is 4.45. The van der Waals surface area contributed by atoms with Crippen molar-refractivity contribution in [3.8, 4) is 0 Å². The van der Waals surface area contributed by atoms with Crippen molar-refractivity contribution in [3.63, 3.8) is 0 Å². The highest BCUT2D eigenvalue weighted by Crippen LogP contribution is 2.28. The fourth-order valence-electron chi connectivity index (χ4n) is 1.45. The van der Waals surface area contributed by atoms with Crippen LogP contribution in [0.4, 0.5) is 0 Å². The zero-order valence-corrected chi connectivity index (χ0v) is 10.3. The normalized spacial score (nSPS) is 11.1. The number of aryl methyl sites for hydroxylation is 1. The molecule has 4 heteroatoms. The second-order valence-electron chi connectivity index (χ2n) is 3.18. The van der Waals surface area contributed by atoms with Gasteiger partial charge in [0, 0.05) is 4.47 Å². The van der Waals surface area contributed by atoms with Gasteiger partial charge in [-0.25, -0.2) is 4.98 Å². The SMILES string of the molecule is Cc1nc2cc(CCN)c(Br)cc2s1. The van der Waals surface area contributed by atoms with Crippen molar-refractivity contribution in [3.05, 3.63) is 27.2 Å². The summed E-state index contributed by atoms with van der Waals surface area (Å²) in [5.74, 6) is 0. The van der Waals surface area contributed by atoms with Crippen LogP contribution in [0.3, 0.4) is 0 Å². The van der Waals surface area contributed by atoms with E-state index in [4.69, 9.17) is 5.73 Å². The predicted octanol–water partition coefficient (Wildman–Crippen LogP) is 2.87. The summed E-state index contributed by atoms with van der Waals surface area (Å²) in [5.41, 5.74) is 7.86. The highest BCUT2D eigenvalue weighted by atomic mass is 79.9. The van der Waals surface area contributed by atoms with E-state index in [2.05, 4.69) is 33.0 Å². The summed E-state index contributed by atoms with van der Waals surface area (Å²) in [6.07, 6.45) is 0.896. The van der Waals surface area contributed by atoms with Gasteiger partial charge in [-0.1, -0.05) is 15.9 Å². The largest absolute Gasteiger partial charge is 0.330 e. The lowest BCUT2D eigenvalue weighted by Gasteiger charge is -2.01. The smallest absolute Gasteiger partial charge is 0.0907 e. The zero-order chi connectivity index (χ0) is 10.1. The first kappa shape index (κ1) is 10.1. The molecule has 0 aliphatic heterocycles. The van der Waals surface area contributed by atoms with E-state index in [1.807, 2.05) is 6.92 Å². The summed E-state index contributed by atoms with van der Waals surface area (Å²) >= 11 is 5.27. The molecule has 0 atom stereocenters. The summed E-state index contributed by atoms with van der Waals surface area (Å²) < 4.78 is 2.37. The van der Waals surface area contributed by atoms with Gasteiger partial charge in [-0.3, -0.25) is 0 Å². The molecule has 1 aromatic heterocycles. The van der Waals surface area contributed by atoms with Gasteiger partial charge in [-0.05, 0) is 37.6 Å². The molecule has 0 saturated carbocycles. The zero-order valence-electron chi connectivity index (χ0n) is 7.88. The Morgan fingerprint density at radius 1 is 1.50 bits per heavy atom. The number of hydrogen-bond acceptors (Lipinski definition) is 3. The monoisotopic (exact) mass is 270 g/mol. The first-order valence-electron chi connectivity index (χ1n) is 4.46. The first-order valence-corrected chi connectivity index (χ1v) is 6.07. The number of halogens is 1. The van der Waals surface area contributed by atoms with E-state index in [-0.39, 0.29) is 0 Å². The lowest BCUT2D eigenvalue weighted by Crippen LogP contribution is -2.03. The van der Waals surface area contributed by atoms with Crippen LogP contribution in [0.5, 0.6) is 0 Å². The molecule has 1 aromatic carbocycles. The number of rotatable bonds is 2. The molecule has 74 valence electrons. The van der Waals surface area contributed by atoms with Crippen molar-refractivity contribution < 1.29 is 0 Å². The van der Waals surface area contributed by atoms with Crippen LogP contribution in [0, 0.1) is 6.92 Å². The quantitative estimate of drug-likeness (QED) is 0.912. The minimum atomic E-state index is 0.674. The number of benzene rings is 1. The van der Waals surface area contributed by atoms with Crippen molar-refractivity contribution in [2.45, 2.75) is 13.3 Å². The molecule has 0 amide bonds. The van der Waals surface area contributed by atoms with E-state index < -0.39 is 0 Å². The fourth-order valence-corrected chi connectivity index (χ4v) is 3.00. The van der Waals surface area contributed by atoms with E-state index in [0.717, 1.165) is 21.4 Å². The Hall–Kier alpha value is -0.450. The number of fused-ring (bicyclic) bond motifs is 1. The van der Waals surface area contributed by atoms with E-state index >= 15 is 0 Å². The Bertz CT molecular complexity index is 464. The van der Waals surface area contributed by atoms with Crippen LogP contribution in [0.2, 0.25) is 0 Å². The van der Waals surface area contributed by atoms with E-state index in [9.17, 15) is 0 Å². The molecular weight excluding hydrogens is 260 g/mol. The average Bonchev–Trinajstić information content (AvgIpc) is 2.45. The molecule has 2 rings (SSSR count). The van der Waals surface area contributed by atoms with Crippen LogP contribution >= 0.6 is 27.3 Å². The van der Waals surface area contributed by atoms with Crippen LogP contribution in [0.1, 0.15) is 10.6 Å². The highest BCUT2D eigenvalue weighted by molar-refractivity contribution is 9.10. The first-order chi connectivity index (χ1) is 6.70. The van der Waals surface area contributed by atoms with Crippen LogP contribution in [0.25, 0.3) is 10.2 Å². The maximum atomic E-state index is 5.54. The van der Waals surface area contributed by atoms with Crippen molar-refractivity contribution in [2.75, 3.05) is 6.54 Å². The van der Waals surface area contributed by atoms with Gasteiger partial charge in [0.2, 0.25) is 0 Å². The number of nitrogens with zero attached hydrogens (tertiary/aromatic N) is 1. The number of aromatic nitrogens is 1. The molecule has 0 saturated heterocycles. The number of hydrogen-bond donors (Lipinski definition) is 1. The van der Waals surface area contributed by atoms with Gasteiger partial charge in [-0.2, -0.15) is 0 Å². The molecular formula is C10H11BrN2S. The standard InChI is InChI=1S/C10H11BrN2S/c1-6-13-9-4-7(2-3-12)8(11)5-10(9)14-6/h4-5H,2-3,12H2,1H3. The predicted molar refractivity (Wildman–Crippen MR) is 64.8 cm³/mol. The van der Waals surface area contributed by atoms with Gasteiger partial charge in [0.1, 0.15) is 0 Å². The Morgan fingerprint density at radius 2 is 2.29 bits per heavy atom. The minimum Gasteiger partial charge on any atom is -0.330 e. The van der Waals surface area contributed by atoms with Gasteiger partial charge >= 0.3 is 0 Å². The highest BCUT2D eigenvalue weighted by Gasteiger charge is 2.05.